The van der Waals surface area contributed by atoms with Crippen LogP contribution in [0.5, 0.6) is 11.5 Å². The molecule has 3 aliphatic rings. The largest absolute Gasteiger partial charge is 0.454 e. The second-order valence-corrected chi connectivity index (χ2v) is 10.3. The third kappa shape index (κ3) is 4.41. The van der Waals surface area contributed by atoms with Crippen LogP contribution in [0, 0.1) is 0 Å². The molecule has 0 radical (unpaired) electrons. The minimum atomic E-state index is -3.48. The van der Waals surface area contributed by atoms with E-state index >= 15 is 0 Å². The zero-order valence-electron chi connectivity index (χ0n) is 17.5. The van der Waals surface area contributed by atoms with Crippen LogP contribution in [0.25, 0.3) is 0 Å². The highest BCUT2D eigenvalue weighted by atomic mass is 32.2. The standard InChI is InChI=1S/C22H28N4O4S/c27-31(28,20-4-1-7-23-14-20)26-8-2-3-19(16-26)25-11-9-24(10-12-25)15-18-5-6-21-22(13-18)30-17-29-21/h1,4-7,13-14,19H,2-3,8-12,15-17H2/t19-/m0/s1. The topological polar surface area (TPSA) is 75.2 Å². The highest BCUT2D eigenvalue weighted by Gasteiger charge is 2.34. The lowest BCUT2D eigenvalue weighted by molar-refractivity contribution is 0.0675. The third-order valence-corrected chi connectivity index (χ3v) is 8.25. The molecule has 1 aromatic heterocycles. The molecule has 2 aromatic rings. The Bertz CT molecular complexity index is 1010. The van der Waals surface area contributed by atoms with Crippen LogP contribution in [0.15, 0.2) is 47.6 Å². The molecule has 0 saturated carbocycles. The molecular formula is C22H28N4O4S. The Morgan fingerprint density at radius 3 is 2.68 bits per heavy atom. The number of rotatable bonds is 5. The predicted octanol–water partition coefficient (Wildman–Crippen LogP) is 1.78. The summed E-state index contributed by atoms with van der Waals surface area (Å²) < 4.78 is 38.5. The van der Waals surface area contributed by atoms with E-state index in [0.29, 0.717) is 19.9 Å². The van der Waals surface area contributed by atoms with Crippen molar-refractivity contribution < 1.29 is 17.9 Å². The van der Waals surface area contributed by atoms with Crippen LogP contribution in [0.3, 0.4) is 0 Å². The maximum Gasteiger partial charge on any atom is 0.244 e. The fourth-order valence-electron chi connectivity index (χ4n) is 4.67. The van der Waals surface area contributed by atoms with Crippen molar-refractivity contribution >= 4 is 10.0 Å². The quantitative estimate of drug-likeness (QED) is 0.696. The van der Waals surface area contributed by atoms with Gasteiger partial charge in [-0.15, -0.1) is 0 Å². The van der Waals surface area contributed by atoms with Gasteiger partial charge in [-0.1, -0.05) is 6.07 Å². The molecular weight excluding hydrogens is 416 g/mol. The molecule has 3 aliphatic heterocycles. The first-order valence-corrected chi connectivity index (χ1v) is 12.3. The second kappa shape index (κ2) is 8.74. The van der Waals surface area contributed by atoms with Crippen LogP contribution in [0.2, 0.25) is 0 Å². The zero-order valence-corrected chi connectivity index (χ0v) is 18.3. The predicted molar refractivity (Wildman–Crippen MR) is 115 cm³/mol. The lowest BCUT2D eigenvalue weighted by Crippen LogP contribution is -2.55. The Hall–Kier alpha value is -2.20. The van der Waals surface area contributed by atoms with Gasteiger partial charge in [0.15, 0.2) is 11.5 Å². The maximum absolute atomic E-state index is 13.0. The van der Waals surface area contributed by atoms with Crippen molar-refractivity contribution in [1.82, 2.24) is 19.1 Å². The summed E-state index contributed by atoms with van der Waals surface area (Å²) in [5, 5.41) is 0. The van der Waals surface area contributed by atoms with E-state index < -0.39 is 10.0 Å². The molecule has 0 unspecified atom stereocenters. The summed E-state index contributed by atoms with van der Waals surface area (Å²) in [6.45, 7) is 6.17. The van der Waals surface area contributed by atoms with Gasteiger partial charge < -0.3 is 9.47 Å². The first-order chi connectivity index (χ1) is 15.1. The molecule has 0 N–H and O–H groups in total. The Morgan fingerprint density at radius 1 is 1.03 bits per heavy atom. The molecule has 1 aromatic carbocycles. The monoisotopic (exact) mass is 444 g/mol. The van der Waals surface area contributed by atoms with Crippen molar-refractivity contribution in [2.45, 2.75) is 30.3 Å². The van der Waals surface area contributed by atoms with Crippen LogP contribution in [0.4, 0.5) is 0 Å². The second-order valence-electron chi connectivity index (χ2n) is 8.35. The smallest absolute Gasteiger partial charge is 0.244 e. The van der Waals surface area contributed by atoms with Crippen LogP contribution in [-0.2, 0) is 16.6 Å². The van der Waals surface area contributed by atoms with E-state index in [1.165, 1.54) is 11.8 Å². The number of hydrogen-bond acceptors (Lipinski definition) is 7. The van der Waals surface area contributed by atoms with Crippen molar-refractivity contribution in [2.24, 2.45) is 0 Å². The highest BCUT2D eigenvalue weighted by Crippen LogP contribution is 2.33. The number of aromatic nitrogens is 1. The van der Waals surface area contributed by atoms with E-state index in [9.17, 15) is 8.42 Å². The van der Waals surface area contributed by atoms with Crippen molar-refractivity contribution in [2.75, 3.05) is 46.1 Å². The summed E-state index contributed by atoms with van der Waals surface area (Å²) in [4.78, 5) is 9.17. The fourth-order valence-corrected chi connectivity index (χ4v) is 6.15. The van der Waals surface area contributed by atoms with E-state index in [1.807, 2.05) is 6.07 Å². The van der Waals surface area contributed by atoms with Crippen LogP contribution in [0.1, 0.15) is 18.4 Å². The van der Waals surface area contributed by atoms with Gasteiger partial charge in [-0.05, 0) is 42.7 Å². The Kier molecular flexibility index (Phi) is 5.83. The van der Waals surface area contributed by atoms with E-state index in [1.54, 1.807) is 22.6 Å². The molecule has 0 amide bonds. The van der Waals surface area contributed by atoms with E-state index in [4.69, 9.17) is 9.47 Å². The normalized spacial score (nSPS) is 23.2. The van der Waals surface area contributed by atoms with Gasteiger partial charge in [0.1, 0.15) is 4.90 Å². The average molecular weight is 445 g/mol. The van der Waals surface area contributed by atoms with Gasteiger partial charge in [0.05, 0.1) is 0 Å². The SMILES string of the molecule is O=S(=O)(c1cccnc1)N1CCC[C@H](N2CCN(Cc3ccc4c(c3)OCO4)CC2)C1. The van der Waals surface area contributed by atoms with E-state index in [-0.39, 0.29) is 10.9 Å². The molecule has 31 heavy (non-hydrogen) atoms. The van der Waals surface area contributed by atoms with Crippen molar-refractivity contribution in [3.63, 3.8) is 0 Å². The number of fused-ring (bicyclic) bond motifs is 1. The lowest BCUT2D eigenvalue weighted by Gasteiger charge is -2.43. The molecule has 0 bridgehead atoms. The van der Waals surface area contributed by atoms with Gasteiger partial charge in [-0.3, -0.25) is 14.8 Å². The van der Waals surface area contributed by atoms with Gasteiger partial charge in [0, 0.05) is 64.2 Å². The summed E-state index contributed by atoms with van der Waals surface area (Å²) in [6.07, 6.45) is 4.97. The first-order valence-electron chi connectivity index (χ1n) is 10.8. The summed E-state index contributed by atoms with van der Waals surface area (Å²) >= 11 is 0. The Labute approximate surface area is 183 Å². The van der Waals surface area contributed by atoms with Gasteiger partial charge >= 0.3 is 0 Å². The number of piperazine rings is 1. The van der Waals surface area contributed by atoms with Crippen LogP contribution >= 0.6 is 0 Å². The number of piperidine rings is 1. The Balaban J connectivity index is 1.17. The van der Waals surface area contributed by atoms with Gasteiger partial charge in [-0.2, -0.15) is 4.31 Å². The zero-order chi connectivity index (χ0) is 21.3. The number of nitrogens with zero attached hydrogens (tertiary/aromatic N) is 4. The highest BCUT2D eigenvalue weighted by molar-refractivity contribution is 7.89. The minimum absolute atomic E-state index is 0.271. The maximum atomic E-state index is 13.0. The number of pyridine rings is 1. The van der Waals surface area contributed by atoms with Crippen molar-refractivity contribution in [3.8, 4) is 11.5 Å². The molecule has 8 nitrogen and oxygen atoms in total. The minimum Gasteiger partial charge on any atom is -0.454 e. The molecule has 4 heterocycles. The Morgan fingerprint density at radius 2 is 1.87 bits per heavy atom. The summed E-state index contributed by atoms with van der Waals surface area (Å²) in [5.41, 5.74) is 1.23. The van der Waals surface area contributed by atoms with Gasteiger partial charge in [0.25, 0.3) is 0 Å². The van der Waals surface area contributed by atoms with Gasteiger partial charge in [-0.25, -0.2) is 8.42 Å². The molecule has 1 atom stereocenters. The summed E-state index contributed by atoms with van der Waals surface area (Å²) in [6, 6.07) is 9.72. The van der Waals surface area contributed by atoms with E-state index in [0.717, 1.165) is 57.1 Å². The number of ether oxygens (including phenoxy) is 2. The molecule has 0 spiro atoms. The molecule has 5 rings (SSSR count). The van der Waals surface area contributed by atoms with Crippen LogP contribution in [-0.4, -0.2) is 79.6 Å². The lowest BCUT2D eigenvalue weighted by atomic mass is 10.0. The van der Waals surface area contributed by atoms with Gasteiger partial charge in [0.2, 0.25) is 16.8 Å². The summed E-state index contributed by atoms with van der Waals surface area (Å²) in [5.74, 6) is 1.64. The number of hydrogen-bond donors (Lipinski definition) is 0. The molecule has 9 heteroatoms. The van der Waals surface area contributed by atoms with Crippen molar-refractivity contribution in [3.05, 3.63) is 48.3 Å². The first kappa shape index (κ1) is 20.7. The third-order valence-electron chi connectivity index (χ3n) is 6.40. The molecule has 2 saturated heterocycles. The average Bonchev–Trinajstić information content (AvgIpc) is 3.28. The molecule has 0 aliphatic carbocycles. The molecule has 166 valence electrons. The molecule has 2 fully saturated rings. The fraction of sp³-hybridized carbons (Fsp3) is 0.500. The van der Waals surface area contributed by atoms with Crippen LogP contribution < -0.4 is 9.47 Å². The number of sulfonamides is 1. The summed E-state index contributed by atoms with van der Waals surface area (Å²) in [7, 11) is -3.48. The number of benzene rings is 1. The van der Waals surface area contributed by atoms with E-state index in [2.05, 4.69) is 26.9 Å². The van der Waals surface area contributed by atoms with Crippen molar-refractivity contribution in [1.29, 1.82) is 0 Å².